The van der Waals surface area contributed by atoms with Gasteiger partial charge in [0.25, 0.3) is 5.91 Å². The van der Waals surface area contributed by atoms with Crippen LogP contribution in [0.4, 0.5) is 0 Å². The van der Waals surface area contributed by atoms with Gasteiger partial charge in [-0.2, -0.15) is 0 Å². The molecule has 0 unspecified atom stereocenters. The van der Waals surface area contributed by atoms with Crippen molar-refractivity contribution in [2.75, 3.05) is 45.6 Å². The highest BCUT2D eigenvalue weighted by Gasteiger charge is 2.32. The van der Waals surface area contributed by atoms with Gasteiger partial charge in [-0.1, -0.05) is 0 Å². The summed E-state index contributed by atoms with van der Waals surface area (Å²) in [5.74, 6) is -0.102. The number of carbonyl (C=O) groups excluding carboxylic acids is 1. The molecule has 2 aromatic rings. The van der Waals surface area contributed by atoms with E-state index in [1.54, 1.807) is 16.7 Å². The number of nitrogens with one attached hydrogen (secondary N) is 2. The van der Waals surface area contributed by atoms with Crippen molar-refractivity contribution in [3.63, 3.8) is 0 Å². The van der Waals surface area contributed by atoms with Gasteiger partial charge >= 0.3 is 0 Å². The van der Waals surface area contributed by atoms with Crippen LogP contribution in [0.2, 0.25) is 0 Å². The molecule has 1 aromatic carbocycles. The van der Waals surface area contributed by atoms with Crippen molar-refractivity contribution in [1.29, 1.82) is 0 Å². The third kappa shape index (κ3) is 5.43. The van der Waals surface area contributed by atoms with Crippen molar-refractivity contribution < 1.29 is 17.9 Å². The van der Waals surface area contributed by atoms with E-state index >= 15 is 0 Å². The van der Waals surface area contributed by atoms with E-state index in [0.29, 0.717) is 37.3 Å². The highest BCUT2D eigenvalue weighted by molar-refractivity contribution is 7.88. The third-order valence-electron chi connectivity index (χ3n) is 6.36. The molecule has 2 fully saturated rings. The summed E-state index contributed by atoms with van der Waals surface area (Å²) in [4.78, 5) is 22.3. The van der Waals surface area contributed by atoms with E-state index in [0.717, 1.165) is 56.5 Å². The van der Waals surface area contributed by atoms with E-state index in [9.17, 15) is 13.2 Å². The molecule has 31 heavy (non-hydrogen) atoms. The van der Waals surface area contributed by atoms with Crippen molar-refractivity contribution >= 4 is 27.0 Å². The minimum atomic E-state index is -3.14. The van der Waals surface area contributed by atoms with Crippen LogP contribution in [0.3, 0.4) is 0 Å². The quantitative estimate of drug-likeness (QED) is 0.658. The van der Waals surface area contributed by atoms with Gasteiger partial charge in [-0.3, -0.25) is 9.69 Å². The Labute approximate surface area is 183 Å². The lowest BCUT2D eigenvalue weighted by Gasteiger charge is -2.43. The van der Waals surface area contributed by atoms with Crippen molar-refractivity contribution in [2.45, 2.75) is 37.8 Å². The Morgan fingerprint density at radius 3 is 2.65 bits per heavy atom. The summed E-state index contributed by atoms with van der Waals surface area (Å²) in [5, 5.41) is 3.05. The van der Waals surface area contributed by atoms with Gasteiger partial charge in [0.05, 0.1) is 23.6 Å². The number of nitrogens with zero attached hydrogens (tertiary/aromatic N) is 3. The number of carbonyl (C=O) groups is 1. The second kappa shape index (κ2) is 9.64. The van der Waals surface area contributed by atoms with E-state index in [2.05, 4.69) is 20.2 Å². The van der Waals surface area contributed by atoms with Crippen LogP contribution >= 0.6 is 0 Å². The van der Waals surface area contributed by atoms with Crippen LogP contribution in [0.1, 0.15) is 36.0 Å². The molecule has 0 spiro atoms. The number of piperidine rings is 1. The Balaban J connectivity index is 1.36. The molecule has 9 nitrogen and oxygen atoms in total. The Kier molecular flexibility index (Phi) is 6.90. The first kappa shape index (κ1) is 22.2. The number of fused-ring (bicyclic) bond motifs is 1. The van der Waals surface area contributed by atoms with Crippen LogP contribution in [0.5, 0.6) is 0 Å². The van der Waals surface area contributed by atoms with Gasteiger partial charge in [-0.25, -0.2) is 17.7 Å². The van der Waals surface area contributed by atoms with Crippen molar-refractivity contribution in [1.82, 2.24) is 24.5 Å². The molecule has 3 heterocycles. The fourth-order valence-electron chi connectivity index (χ4n) is 4.66. The molecule has 0 saturated carbocycles. The lowest BCUT2D eigenvalue weighted by atomic mass is 9.98. The summed E-state index contributed by atoms with van der Waals surface area (Å²) in [6, 6.07) is 6.16. The minimum Gasteiger partial charge on any atom is -0.381 e. The van der Waals surface area contributed by atoms with Crippen LogP contribution < -0.4 is 5.32 Å². The lowest BCUT2D eigenvalue weighted by Crippen LogP contribution is -2.53. The zero-order valence-electron chi connectivity index (χ0n) is 17.9. The Hall–Kier alpha value is -2.01. The first-order chi connectivity index (χ1) is 14.9. The maximum absolute atomic E-state index is 12.6. The Morgan fingerprint density at radius 2 is 1.94 bits per heavy atom. The van der Waals surface area contributed by atoms with Crippen molar-refractivity contribution in [3.8, 4) is 0 Å². The number of ether oxygens (including phenoxy) is 1. The molecule has 0 bridgehead atoms. The normalized spacial score (nSPS) is 19.8. The molecule has 2 aliphatic heterocycles. The molecule has 10 heteroatoms. The van der Waals surface area contributed by atoms with Gasteiger partial charge in [-0.05, 0) is 43.9 Å². The lowest BCUT2D eigenvalue weighted by molar-refractivity contribution is 0.00747. The number of hydrogen-bond acceptors (Lipinski definition) is 6. The number of benzene rings is 1. The number of imidazole rings is 1. The molecule has 170 valence electrons. The second-order valence-corrected chi connectivity index (χ2v) is 10.3. The Bertz CT molecular complexity index is 994. The van der Waals surface area contributed by atoms with Crippen LogP contribution in [0, 0.1) is 0 Å². The van der Waals surface area contributed by atoms with E-state index < -0.39 is 10.0 Å². The topological polar surface area (TPSA) is 108 Å². The van der Waals surface area contributed by atoms with Gasteiger partial charge in [0.15, 0.2) is 0 Å². The zero-order valence-corrected chi connectivity index (χ0v) is 18.7. The van der Waals surface area contributed by atoms with Crippen molar-refractivity contribution in [2.24, 2.45) is 0 Å². The van der Waals surface area contributed by atoms with Gasteiger partial charge in [0, 0.05) is 57.0 Å². The number of H-pyrrole nitrogens is 1. The van der Waals surface area contributed by atoms with Gasteiger partial charge in [-0.15, -0.1) is 0 Å². The summed E-state index contributed by atoms with van der Waals surface area (Å²) in [5.41, 5.74) is 2.28. The van der Waals surface area contributed by atoms with E-state index in [1.807, 2.05) is 12.1 Å². The molecule has 2 N–H and O–H groups in total. The molecule has 4 rings (SSSR count). The van der Waals surface area contributed by atoms with Crippen molar-refractivity contribution in [3.05, 3.63) is 30.1 Å². The molecule has 1 amide bonds. The molecule has 2 saturated heterocycles. The summed E-state index contributed by atoms with van der Waals surface area (Å²) in [6.07, 6.45) is 6.46. The number of hydrogen-bond donors (Lipinski definition) is 2. The highest BCUT2D eigenvalue weighted by atomic mass is 32.2. The predicted octanol–water partition coefficient (Wildman–Crippen LogP) is 1.20. The van der Waals surface area contributed by atoms with Gasteiger partial charge < -0.3 is 15.0 Å². The molecule has 0 atom stereocenters. The number of amides is 1. The van der Waals surface area contributed by atoms with E-state index in [4.69, 9.17) is 4.74 Å². The smallest absolute Gasteiger partial charge is 0.251 e. The number of aromatic amines is 1. The Morgan fingerprint density at radius 1 is 1.23 bits per heavy atom. The number of rotatable bonds is 7. The zero-order chi connectivity index (χ0) is 21.8. The first-order valence-electron chi connectivity index (χ1n) is 10.9. The monoisotopic (exact) mass is 449 g/mol. The standard InChI is InChI=1S/C21H31N5O4S/c1-31(28,29)25-9-4-17(5-10-25)26(18-6-12-30-13-7-18)11-8-22-21(27)16-2-3-19-20(14-16)24-15-23-19/h2-3,14-15,17-18H,4-13H2,1H3,(H,22,27)(H,23,24). The van der Waals surface area contributed by atoms with Crippen LogP contribution in [0.25, 0.3) is 11.0 Å². The van der Waals surface area contributed by atoms with Gasteiger partial charge in [0.1, 0.15) is 0 Å². The average molecular weight is 450 g/mol. The maximum Gasteiger partial charge on any atom is 0.251 e. The fourth-order valence-corrected chi connectivity index (χ4v) is 5.54. The van der Waals surface area contributed by atoms with E-state index in [-0.39, 0.29) is 5.91 Å². The average Bonchev–Trinajstić information content (AvgIpc) is 3.25. The van der Waals surface area contributed by atoms with E-state index in [1.165, 1.54) is 6.26 Å². The summed E-state index contributed by atoms with van der Waals surface area (Å²) in [6.45, 7) is 3.90. The minimum absolute atomic E-state index is 0.102. The SMILES string of the molecule is CS(=O)(=O)N1CCC(N(CCNC(=O)c2ccc3nc[nH]c3c2)C2CCOCC2)CC1. The van der Waals surface area contributed by atoms with Crippen LogP contribution in [0.15, 0.2) is 24.5 Å². The third-order valence-corrected chi connectivity index (χ3v) is 7.66. The number of aromatic nitrogens is 2. The molecule has 2 aliphatic rings. The summed E-state index contributed by atoms with van der Waals surface area (Å²) < 4.78 is 30.8. The van der Waals surface area contributed by atoms with Crippen LogP contribution in [-0.4, -0.2) is 91.2 Å². The molecule has 1 aromatic heterocycles. The first-order valence-corrected chi connectivity index (χ1v) is 12.8. The van der Waals surface area contributed by atoms with Crippen LogP contribution in [-0.2, 0) is 14.8 Å². The maximum atomic E-state index is 12.6. The number of sulfonamides is 1. The molecule has 0 aliphatic carbocycles. The predicted molar refractivity (Wildman–Crippen MR) is 118 cm³/mol. The molecular formula is C21H31N5O4S. The summed E-state index contributed by atoms with van der Waals surface area (Å²) >= 11 is 0. The second-order valence-electron chi connectivity index (χ2n) is 8.36. The van der Waals surface area contributed by atoms with Gasteiger partial charge in [0.2, 0.25) is 10.0 Å². The molecule has 0 radical (unpaired) electrons. The highest BCUT2D eigenvalue weighted by Crippen LogP contribution is 2.24. The largest absolute Gasteiger partial charge is 0.381 e. The molecular weight excluding hydrogens is 418 g/mol. The summed E-state index contributed by atoms with van der Waals surface area (Å²) in [7, 11) is -3.14. The fraction of sp³-hybridized carbons (Fsp3) is 0.619.